The van der Waals surface area contributed by atoms with Gasteiger partial charge >= 0.3 is 0 Å². The van der Waals surface area contributed by atoms with Gasteiger partial charge in [0.1, 0.15) is 0 Å². The van der Waals surface area contributed by atoms with Crippen molar-refractivity contribution in [2.45, 2.75) is 51.6 Å². The van der Waals surface area contributed by atoms with Gasteiger partial charge in [-0.25, -0.2) is 0 Å². The van der Waals surface area contributed by atoms with Crippen molar-refractivity contribution < 1.29 is 4.74 Å². The molecule has 0 aromatic carbocycles. The highest BCUT2D eigenvalue weighted by Crippen LogP contribution is 2.48. The predicted octanol–water partition coefficient (Wildman–Crippen LogP) is 3.76. The lowest BCUT2D eigenvalue weighted by atomic mass is 9.66. The van der Waals surface area contributed by atoms with Crippen molar-refractivity contribution in [3.05, 3.63) is 0 Å². The first-order valence-electron chi connectivity index (χ1n) is 5.97. The summed E-state index contributed by atoms with van der Waals surface area (Å²) in [5.41, 5.74) is 0.459. The van der Waals surface area contributed by atoms with Crippen molar-refractivity contribution in [1.29, 1.82) is 0 Å². The number of halogens is 1. The van der Waals surface area contributed by atoms with Crippen molar-refractivity contribution >= 4 is 15.9 Å². The molecule has 0 aromatic rings. The number of hydrogen-bond acceptors (Lipinski definition) is 1. The van der Waals surface area contributed by atoms with Crippen LogP contribution in [0.1, 0.15) is 45.4 Å². The topological polar surface area (TPSA) is 9.23 Å². The van der Waals surface area contributed by atoms with Gasteiger partial charge in [-0.05, 0) is 32.1 Å². The summed E-state index contributed by atoms with van der Waals surface area (Å²) in [6.45, 7) is 3.24. The molecule has 1 saturated heterocycles. The minimum atomic E-state index is 0.459. The fraction of sp³-hybridized carbons (Fsp3) is 1.00. The average Bonchev–Trinajstić information content (AvgIpc) is 2.62. The minimum absolute atomic E-state index is 0.459. The second-order valence-corrected chi connectivity index (χ2v) is 5.53. The summed E-state index contributed by atoms with van der Waals surface area (Å²) < 4.78 is 5.78. The van der Waals surface area contributed by atoms with Crippen LogP contribution in [0.3, 0.4) is 0 Å². The third-order valence-electron chi connectivity index (χ3n) is 4.41. The van der Waals surface area contributed by atoms with E-state index in [9.17, 15) is 0 Å². The van der Waals surface area contributed by atoms with Crippen LogP contribution in [0.5, 0.6) is 0 Å². The first-order valence-corrected chi connectivity index (χ1v) is 7.09. The van der Waals surface area contributed by atoms with E-state index in [2.05, 4.69) is 22.9 Å². The summed E-state index contributed by atoms with van der Waals surface area (Å²) in [5.74, 6) is 0.910. The van der Waals surface area contributed by atoms with Gasteiger partial charge in [0.25, 0.3) is 0 Å². The molecule has 0 amide bonds. The molecule has 0 aromatic heterocycles. The van der Waals surface area contributed by atoms with Crippen LogP contribution in [0.2, 0.25) is 0 Å². The molecular weight excluding hydrogens is 240 g/mol. The fourth-order valence-electron chi connectivity index (χ4n) is 3.29. The summed E-state index contributed by atoms with van der Waals surface area (Å²) in [7, 11) is 0. The molecule has 1 saturated carbocycles. The van der Waals surface area contributed by atoms with E-state index in [1.807, 2.05) is 0 Å². The Morgan fingerprint density at radius 3 is 2.50 bits per heavy atom. The Balaban J connectivity index is 2.09. The molecule has 14 heavy (non-hydrogen) atoms. The molecule has 1 aliphatic heterocycles. The van der Waals surface area contributed by atoms with Crippen LogP contribution >= 0.6 is 15.9 Å². The van der Waals surface area contributed by atoms with Gasteiger partial charge in [0.15, 0.2) is 0 Å². The van der Waals surface area contributed by atoms with E-state index in [1.165, 1.54) is 38.5 Å². The summed E-state index contributed by atoms with van der Waals surface area (Å²) in [4.78, 5) is 0. The van der Waals surface area contributed by atoms with Gasteiger partial charge in [-0.1, -0.05) is 35.2 Å². The van der Waals surface area contributed by atoms with E-state index in [0.29, 0.717) is 11.5 Å². The average molecular weight is 261 g/mol. The van der Waals surface area contributed by atoms with E-state index in [-0.39, 0.29) is 0 Å². The molecule has 1 nitrogen and oxygen atoms in total. The lowest BCUT2D eigenvalue weighted by Crippen LogP contribution is -2.39. The lowest BCUT2D eigenvalue weighted by Gasteiger charge is -2.40. The molecule has 2 heteroatoms. The van der Waals surface area contributed by atoms with Crippen LogP contribution in [0, 0.1) is 11.3 Å². The highest BCUT2D eigenvalue weighted by Gasteiger charge is 2.46. The molecule has 1 aliphatic carbocycles. The van der Waals surface area contributed by atoms with E-state index in [4.69, 9.17) is 4.74 Å². The molecule has 82 valence electrons. The molecule has 0 spiro atoms. The molecular formula is C12H21BrO. The monoisotopic (exact) mass is 260 g/mol. The molecule has 2 rings (SSSR count). The van der Waals surface area contributed by atoms with Crippen molar-refractivity contribution in [3.63, 3.8) is 0 Å². The Bertz CT molecular complexity index is 189. The number of alkyl halides is 1. The maximum atomic E-state index is 5.78. The largest absolute Gasteiger partial charge is 0.378 e. The zero-order valence-corrected chi connectivity index (χ0v) is 10.7. The van der Waals surface area contributed by atoms with Gasteiger partial charge in [-0.2, -0.15) is 0 Å². The van der Waals surface area contributed by atoms with Gasteiger partial charge < -0.3 is 4.74 Å². The molecule has 0 N–H and O–H groups in total. The fourth-order valence-corrected chi connectivity index (χ4v) is 4.49. The summed E-state index contributed by atoms with van der Waals surface area (Å²) >= 11 is 3.73. The van der Waals surface area contributed by atoms with Crippen molar-refractivity contribution in [1.82, 2.24) is 0 Å². The molecule has 2 atom stereocenters. The first-order chi connectivity index (χ1) is 6.79. The number of rotatable bonds is 2. The first kappa shape index (κ1) is 10.9. The molecule has 1 heterocycles. The summed E-state index contributed by atoms with van der Waals surface area (Å²) in [6, 6.07) is 0. The smallest absolute Gasteiger partial charge is 0.0614 e. The maximum absolute atomic E-state index is 5.78. The van der Waals surface area contributed by atoms with Gasteiger partial charge in [0.05, 0.1) is 6.10 Å². The van der Waals surface area contributed by atoms with E-state index in [1.54, 1.807) is 0 Å². The Kier molecular flexibility index (Phi) is 3.54. The molecule has 2 unspecified atom stereocenters. The minimum Gasteiger partial charge on any atom is -0.378 e. The molecule has 0 bridgehead atoms. The lowest BCUT2D eigenvalue weighted by molar-refractivity contribution is 0.0308. The molecule has 0 radical (unpaired) electrons. The SMILES string of the molecule is CC1OCCC1(CBr)C1CCCCC1. The second-order valence-electron chi connectivity index (χ2n) is 4.96. The third-order valence-corrected chi connectivity index (χ3v) is 5.46. The Hall–Kier alpha value is 0.440. The van der Waals surface area contributed by atoms with Crippen LogP contribution in [0.25, 0.3) is 0 Å². The van der Waals surface area contributed by atoms with Gasteiger partial charge in [0, 0.05) is 17.4 Å². The summed E-state index contributed by atoms with van der Waals surface area (Å²) in [5, 5.41) is 1.13. The van der Waals surface area contributed by atoms with Crippen molar-refractivity contribution in [3.8, 4) is 0 Å². The molecule has 2 aliphatic rings. The zero-order chi connectivity index (χ0) is 10.0. The van der Waals surface area contributed by atoms with Crippen LogP contribution < -0.4 is 0 Å². The standard InChI is InChI=1S/C12H21BrO/c1-10-12(9-13,7-8-14-10)11-5-3-2-4-6-11/h10-11H,2-9H2,1H3. The van der Waals surface area contributed by atoms with Gasteiger partial charge in [0.2, 0.25) is 0 Å². The Morgan fingerprint density at radius 2 is 2.00 bits per heavy atom. The molecule has 2 fully saturated rings. The van der Waals surface area contributed by atoms with E-state index >= 15 is 0 Å². The Labute approximate surface area is 95.7 Å². The zero-order valence-electron chi connectivity index (χ0n) is 9.10. The van der Waals surface area contributed by atoms with Gasteiger partial charge in [-0.15, -0.1) is 0 Å². The van der Waals surface area contributed by atoms with Crippen LogP contribution in [-0.2, 0) is 4.74 Å². The van der Waals surface area contributed by atoms with Crippen LogP contribution in [-0.4, -0.2) is 18.0 Å². The Morgan fingerprint density at radius 1 is 1.29 bits per heavy atom. The predicted molar refractivity (Wildman–Crippen MR) is 62.8 cm³/mol. The van der Waals surface area contributed by atoms with Crippen molar-refractivity contribution in [2.75, 3.05) is 11.9 Å². The summed E-state index contributed by atoms with van der Waals surface area (Å²) in [6.07, 6.45) is 8.91. The second kappa shape index (κ2) is 4.52. The number of ether oxygens (including phenoxy) is 1. The highest BCUT2D eigenvalue weighted by molar-refractivity contribution is 9.09. The maximum Gasteiger partial charge on any atom is 0.0614 e. The van der Waals surface area contributed by atoms with Crippen LogP contribution in [0.4, 0.5) is 0 Å². The number of hydrogen-bond donors (Lipinski definition) is 0. The van der Waals surface area contributed by atoms with E-state index in [0.717, 1.165) is 17.9 Å². The third kappa shape index (κ3) is 1.76. The quantitative estimate of drug-likeness (QED) is 0.688. The normalized spacial score (nSPS) is 40.3. The van der Waals surface area contributed by atoms with Gasteiger partial charge in [-0.3, -0.25) is 0 Å². The van der Waals surface area contributed by atoms with E-state index < -0.39 is 0 Å². The van der Waals surface area contributed by atoms with Crippen LogP contribution in [0.15, 0.2) is 0 Å². The highest BCUT2D eigenvalue weighted by atomic mass is 79.9. The van der Waals surface area contributed by atoms with Crippen molar-refractivity contribution in [2.24, 2.45) is 11.3 Å².